The first kappa shape index (κ1) is 11.7. The van der Waals surface area contributed by atoms with Crippen LogP contribution in [-0.4, -0.2) is 9.97 Å². The lowest BCUT2D eigenvalue weighted by molar-refractivity contribution is 1.20. The third kappa shape index (κ3) is 2.68. The molecule has 0 amide bonds. The topological polar surface area (TPSA) is 25.8 Å². The second kappa shape index (κ2) is 5.55. The van der Waals surface area contributed by atoms with Crippen molar-refractivity contribution in [3.63, 3.8) is 0 Å². The molecule has 0 bridgehead atoms. The van der Waals surface area contributed by atoms with E-state index in [0.717, 1.165) is 22.0 Å². The Balaban J connectivity index is 2.28. The highest BCUT2D eigenvalue weighted by atomic mass is 79.9. The van der Waals surface area contributed by atoms with Gasteiger partial charge in [-0.15, -0.1) is 0 Å². The zero-order chi connectivity index (χ0) is 11.4. The van der Waals surface area contributed by atoms with Crippen LogP contribution < -0.4 is 0 Å². The van der Waals surface area contributed by atoms with E-state index in [1.165, 1.54) is 11.1 Å². The third-order valence-corrected chi connectivity index (χ3v) is 3.52. The van der Waals surface area contributed by atoms with E-state index in [9.17, 15) is 0 Å². The van der Waals surface area contributed by atoms with Crippen molar-refractivity contribution in [1.82, 2.24) is 9.97 Å². The average molecular weight is 342 g/mol. The molecule has 2 heterocycles. The molecule has 0 saturated carbocycles. The van der Waals surface area contributed by atoms with E-state index in [2.05, 4.69) is 54.0 Å². The minimum atomic E-state index is 0.830. The molecule has 2 nitrogen and oxygen atoms in total. The predicted molar refractivity (Wildman–Crippen MR) is 72.7 cm³/mol. The largest absolute Gasteiger partial charge is 0.254 e. The van der Waals surface area contributed by atoms with E-state index in [4.69, 9.17) is 0 Å². The van der Waals surface area contributed by atoms with Crippen molar-refractivity contribution in [3.8, 4) is 11.4 Å². The summed E-state index contributed by atoms with van der Waals surface area (Å²) in [6, 6.07) is 8.09. The van der Waals surface area contributed by atoms with Crippen LogP contribution in [0.4, 0.5) is 0 Å². The smallest absolute Gasteiger partial charge is 0.0886 e. The molecule has 4 heteroatoms. The van der Waals surface area contributed by atoms with Gasteiger partial charge in [-0.3, -0.25) is 9.97 Å². The van der Waals surface area contributed by atoms with Crippen molar-refractivity contribution in [1.29, 1.82) is 0 Å². The van der Waals surface area contributed by atoms with Gasteiger partial charge in [-0.2, -0.15) is 0 Å². The second-order valence-electron chi connectivity index (χ2n) is 3.37. The Bertz CT molecular complexity index is 406. The van der Waals surface area contributed by atoms with E-state index in [1.54, 1.807) is 0 Å². The Morgan fingerprint density at radius 1 is 0.750 bits per heavy atom. The highest BCUT2D eigenvalue weighted by Crippen LogP contribution is 2.16. The number of nitrogens with zero attached hydrogens (tertiary/aromatic N) is 2. The molecule has 2 aromatic heterocycles. The molecule has 2 aromatic rings. The van der Waals surface area contributed by atoms with E-state index < -0.39 is 0 Å². The van der Waals surface area contributed by atoms with Crippen molar-refractivity contribution >= 4 is 31.9 Å². The first-order chi connectivity index (χ1) is 7.83. The van der Waals surface area contributed by atoms with Gasteiger partial charge in [-0.1, -0.05) is 44.0 Å². The number of halogens is 2. The van der Waals surface area contributed by atoms with Gasteiger partial charge < -0.3 is 0 Å². The summed E-state index contributed by atoms with van der Waals surface area (Å²) in [4.78, 5) is 8.74. The van der Waals surface area contributed by atoms with Crippen molar-refractivity contribution < 1.29 is 0 Å². The van der Waals surface area contributed by atoms with Crippen LogP contribution in [0.3, 0.4) is 0 Å². The molecule has 0 aliphatic carbocycles. The Morgan fingerprint density at radius 2 is 1.19 bits per heavy atom. The van der Waals surface area contributed by atoms with Crippen LogP contribution in [0.2, 0.25) is 0 Å². The van der Waals surface area contributed by atoms with Gasteiger partial charge in [0.2, 0.25) is 0 Å². The SMILES string of the molecule is BrCc1ccc(-c2ccc(CBr)cn2)nc1. The zero-order valence-electron chi connectivity index (χ0n) is 8.53. The van der Waals surface area contributed by atoms with E-state index >= 15 is 0 Å². The third-order valence-electron chi connectivity index (χ3n) is 2.22. The van der Waals surface area contributed by atoms with E-state index in [0.29, 0.717) is 0 Å². The number of pyridine rings is 2. The van der Waals surface area contributed by atoms with Gasteiger partial charge in [0, 0.05) is 23.1 Å². The second-order valence-corrected chi connectivity index (χ2v) is 4.49. The minimum absolute atomic E-state index is 0.830. The molecule has 0 radical (unpaired) electrons. The fourth-order valence-corrected chi connectivity index (χ4v) is 1.97. The van der Waals surface area contributed by atoms with Gasteiger partial charge in [0.25, 0.3) is 0 Å². The summed E-state index contributed by atoms with van der Waals surface area (Å²) in [6.07, 6.45) is 3.73. The van der Waals surface area contributed by atoms with Crippen molar-refractivity contribution in [2.75, 3.05) is 0 Å². The van der Waals surface area contributed by atoms with Crippen LogP contribution in [-0.2, 0) is 10.7 Å². The molecule has 16 heavy (non-hydrogen) atoms. The molecule has 0 spiro atoms. The Morgan fingerprint density at radius 3 is 1.44 bits per heavy atom. The molecular weight excluding hydrogens is 332 g/mol. The maximum Gasteiger partial charge on any atom is 0.0886 e. The number of rotatable bonds is 3. The molecule has 0 N–H and O–H groups in total. The zero-order valence-corrected chi connectivity index (χ0v) is 11.7. The lowest BCUT2D eigenvalue weighted by Gasteiger charge is -2.01. The molecule has 0 aliphatic rings. The normalized spacial score (nSPS) is 10.4. The van der Waals surface area contributed by atoms with E-state index in [1.807, 2.05) is 24.5 Å². The Hall–Kier alpha value is -0.740. The molecule has 82 valence electrons. The maximum absolute atomic E-state index is 4.37. The summed E-state index contributed by atoms with van der Waals surface area (Å²) in [6.45, 7) is 0. The molecule has 0 aromatic carbocycles. The van der Waals surface area contributed by atoms with Gasteiger partial charge in [0.05, 0.1) is 11.4 Å². The quantitative estimate of drug-likeness (QED) is 0.790. The Labute approximate surface area is 111 Å². The van der Waals surface area contributed by atoms with Crippen LogP contribution in [0.15, 0.2) is 36.7 Å². The van der Waals surface area contributed by atoms with Crippen LogP contribution in [0, 0.1) is 0 Å². The molecule has 0 saturated heterocycles. The van der Waals surface area contributed by atoms with Gasteiger partial charge in [-0.25, -0.2) is 0 Å². The molecule has 0 fully saturated rings. The summed E-state index contributed by atoms with van der Waals surface area (Å²) in [5.41, 5.74) is 4.15. The highest BCUT2D eigenvalue weighted by Gasteiger charge is 2.00. The fraction of sp³-hybridized carbons (Fsp3) is 0.167. The van der Waals surface area contributed by atoms with Crippen molar-refractivity contribution in [3.05, 3.63) is 47.8 Å². The molecule has 0 aliphatic heterocycles. The summed E-state index contributed by atoms with van der Waals surface area (Å²) < 4.78 is 0. The summed E-state index contributed by atoms with van der Waals surface area (Å²) in [7, 11) is 0. The number of aromatic nitrogens is 2. The highest BCUT2D eigenvalue weighted by molar-refractivity contribution is 9.08. The van der Waals surface area contributed by atoms with Gasteiger partial charge in [0.15, 0.2) is 0 Å². The van der Waals surface area contributed by atoms with Gasteiger partial charge in [-0.05, 0) is 23.3 Å². The lowest BCUT2D eigenvalue weighted by atomic mass is 10.2. The molecule has 0 unspecified atom stereocenters. The fourth-order valence-electron chi connectivity index (χ4n) is 1.31. The lowest BCUT2D eigenvalue weighted by Crippen LogP contribution is -1.89. The van der Waals surface area contributed by atoms with Crippen LogP contribution in [0.1, 0.15) is 11.1 Å². The van der Waals surface area contributed by atoms with Crippen LogP contribution in [0.5, 0.6) is 0 Å². The number of hydrogen-bond donors (Lipinski definition) is 0. The van der Waals surface area contributed by atoms with Gasteiger partial charge in [0.1, 0.15) is 0 Å². The minimum Gasteiger partial charge on any atom is -0.254 e. The van der Waals surface area contributed by atoms with Crippen LogP contribution in [0.25, 0.3) is 11.4 Å². The molecular formula is C12H10Br2N2. The molecule has 2 rings (SSSR count). The summed E-state index contributed by atoms with van der Waals surface area (Å²) in [5, 5.41) is 1.66. The van der Waals surface area contributed by atoms with Gasteiger partial charge >= 0.3 is 0 Å². The van der Waals surface area contributed by atoms with Crippen molar-refractivity contribution in [2.45, 2.75) is 10.7 Å². The van der Waals surface area contributed by atoms with Crippen molar-refractivity contribution in [2.24, 2.45) is 0 Å². The van der Waals surface area contributed by atoms with Crippen LogP contribution >= 0.6 is 31.9 Å². The molecule has 0 atom stereocenters. The first-order valence-electron chi connectivity index (χ1n) is 4.85. The standard InChI is InChI=1S/C12H10Br2N2/c13-5-9-1-3-11(15-7-9)12-4-2-10(6-14)8-16-12/h1-4,7-8H,5-6H2. The maximum atomic E-state index is 4.37. The number of alkyl halides is 2. The monoisotopic (exact) mass is 340 g/mol. The summed E-state index contributed by atoms with van der Waals surface area (Å²) >= 11 is 6.79. The van der Waals surface area contributed by atoms with E-state index in [-0.39, 0.29) is 0 Å². The first-order valence-corrected chi connectivity index (χ1v) is 7.10. The summed E-state index contributed by atoms with van der Waals surface area (Å²) in [5.74, 6) is 0. The number of hydrogen-bond acceptors (Lipinski definition) is 2. The Kier molecular flexibility index (Phi) is 4.07. The predicted octanol–water partition coefficient (Wildman–Crippen LogP) is 3.93. The average Bonchev–Trinajstić information content (AvgIpc) is 2.39.